The van der Waals surface area contributed by atoms with Crippen molar-refractivity contribution in [2.75, 3.05) is 0 Å². The molecule has 0 aliphatic heterocycles. The van der Waals surface area contributed by atoms with Gasteiger partial charge in [0, 0.05) is 11.9 Å². The van der Waals surface area contributed by atoms with E-state index in [1.54, 1.807) is 0 Å². The maximum Gasteiger partial charge on any atom is 0.122 e. The number of aryl methyl sites for hydroxylation is 2. The molecule has 1 heterocycles. The summed E-state index contributed by atoms with van der Waals surface area (Å²) in [6.07, 6.45) is 4.92. The minimum Gasteiger partial charge on any atom is -0.489 e. The van der Waals surface area contributed by atoms with Gasteiger partial charge >= 0.3 is 0 Å². The molecule has 2 nitrogen and oxygen atoms in total. The number of para-hydroxylation sites is 1. The van der Waals surface area contributed by atoms with Gasteiger partial charge in [0.25, 0.3) is 0 Å². The molecule has 116 valence electrons. The molecule has 2 aromatic carbocycles. The summed E-state index contributed by atoms with van der Waals surface area (Å²) >= 11 is 0. The van der Waals surface area contributed by atoms with Crippen LogP contribution in [0, 0.1) is 0 Å². The number of ether oxygens (including phenoxy) is 1. The van der Waals surface area contributed by atoms with Crippen LogP contribution < -0.4 is 4.74 Å². The van der Waals surface area contributed by atoms with Gasteiger partial charge in [-0.25, -0.2) is 0 Å². The predicted octanol–water partition coefficient (Wildman–Crippen LogP) is 4.84. The molecule has 0 aliphatic carbocycles. The smallest absolute Gasteiger partial charge is 0.122 e. The molecule has 0 fully saturated rings. The van der Waals surface area contributed by atoms with Gasteiger partial charge in [0.2, 0.25) is 0 Å². The highest BCUT2D eigenvalue weighted by molar-refractivity contribution is 5.33. The van der Waals surface area contributed by atoms with Crippen molar-refractivity contribution in [1.29, 1.82) is 0 Å². The third-order valence-corrected chi connectivity index (χ3v) is 3.81. The Morgan fingerprint density at radius 1 is 0.739 bits per heavy atom. The lowest BCUT2D eigenvalue weighted by molar-refractivity contribution is 0.302. The van der Waals surface area contributed by atoms with Crippen LogP contribution in [0.15, 0.2) is 79.0 Å². The summed E-state index contributed by atoms with van der Waals surface area (Å²) in [6, 6.07) is 24.7. The van der Waals surface area contributed by atoms with Crippen LogP contribution in [0.5, 0.6) is 5.75 Å². The van der Waals surface area contributed by atoms with Crippen molar-refractivity contribution < 1.29 is 4.74 Å². The van der Waals surface area contributed by atoms with Crippen molar-refractivity contribution in [2.24, 2.45) is 0 Å². The third kappa shape index (κ3) is 4.68. The normalized spacial score (nSPS) is 10.4. The van der Waals surface area contributed by atoms with E-state index in [2.05, 4.69) is 41.4 Å². The Balaban J connectivity index is 1.57. The predicted molar refractivity (Wildman–Crippen MR) is 93.5 cm³/mol. The zero-order valence-electron chi connectivity index (χ0n) is 13.2. The first-order valence-corrected chi connectivity index (χ1v) is 8.06. The summed E-state index contributed by atoms with van der Waals surface area (Å²) in [5, 5.41) is 0. The van der Waals surface area contributed by atoms with Crippen LogP contribution in [0.2, 0.25) is 0 Å². The molecular formula is C21H21NO. The van der Waals surface area contributed by atoms with Crippen LogP contribution in [0.3, 0.4) is 0 Å². The van der Waals surface area contributed by atoms with Gasteiger partial charge < -0.3 is 4.74 Å². The van der Waals surface area contributed by atoms with Crippen LogP contribution >= 0.6 is 0 Å². The second kappa shape index (κ2) is 8.14. The van der Waals surface area contributed by atoms with Gasteiger partial charge in [-0.05, 0) is 48.6 Å². The Labute approximate surface area is 137 Å². The first kappa shape index (κ1) is 15.3. The van der Waals surface area contributed by atoms with E-state index in [9.17, 15) is 0 Å². The van der Waals surface area contributed by atoms with Gasteiger partial charge in [-0.2, -0.15) is 0 Å². The first-order valence-electron chi connectivity index (χ1n) is 8.06. The lowest BCUT2D eigenvalue weighted by Crippen LogP contribution is -1.99. The Bertz CT molecular complexity index is 710. The standard InChI is InChI=1S/C21H21NO/c1-2-9-18(10-3-1)17-23-21-15-5-4-11-19(21)12-8-14-20-13-6-7-16-22-20/h1-7,9-11,13,15-16H,8,12,14,17H2. The van der Waals surface area contributed by atoms with E-state index in [0.717, 1.165) is 30.7 Å². The molecule has 2 heteroatoms. The lowest BCUT2D eigenvalue weighted by atomic mass is 10.1. The van der Waals surface area contributed by atoms with Crippen molar-refractivity contribution in [3.05, 3.63) is 95.8 Å². The molecule has 0 saturated heterocycles. The molecule has 3 aromatic rings. The summed E-state index contributed by atoms with van der Waals surface area (Å²) in [6.45, 7) is 0.609. The summed E-state index contributed by atoms with van der Waals surface area (Å²) in [7, 11) is 0. The number of benzene rings is 2. The minimum absolute atomic E-state index is 0.609. The van der Waals surface area contributed by atoms with Gasteiger partial charge in [-0.1, -0.05) is 54.6 Å². The summed E-state index contributed by atoms with van der Waals surface area (Å²) in [5.41, 5.74) is 3.60. The molecule has 23 heavy (non-hydrogen) atoms. The van der Waals surface area contributed by atoms with Gasteiger partial charge in [-0.3, -0.25) is 4.98 Å². The van der Waals surface area contributed by atoms with Crippen molar-refractivity contribution >= 4 is 0 Å². The SMILES string of the molecule is c1ccc(COc2ccccc2CCCc2ccccn2)cc1. The zero-order valence-corrected chi connectivity index (χ0v) is 13.2. The molecule has 0 bridgehead atoms. The van der Waals surface area contributed by atoms with Crippen LogP contribution in [0.4, 0.5) is 0 Å². The van der Waals surface area contributed by atoms with E-state index in [1.807, 2.05) is 42.6 Å². The largest absolute Gasteiger partial charge is 0.489 e. The Morgan fingerprint density at radius 2 is 1.52 bits per heavy atom. The molecule has 0 spiro atoms. The van der Waals surface area contributed by atoms with Crippen molar-refractivity contribution in [3.8, 4) is 5.75 Å². The molecule has 0 atom stereocenters. The first-order chi connectivity index (χ1) is 11.4. The molecular weight excluding hydrogens is 282 g/mol. The Kier molecular flexibility index (Phi) is 5.41. The Morgan fingerprint density at radius 3 is 2.35 bits per heavy atom. The maximum absolute atomic E-state index is 6.01. The average molecular weight is 303 g/mol. The summed E-state index contributed by atoms with van der Waals surface area (Å²) in [5.74, 6) is 0.984. The highest BCUT2D eigenvalue weighted by atomic mass is 16.5. The van der Waals surface area contributed by atoms with E-state index in [4.69, 9.17) is 4.74 Å². The number of hydrogen-bond donors (Lipinski definition) is 0. The summed E-state index contributed by atoms with van der Waals surface area (Å²) in [4.78, 5) is 4.38. The van der Waals surface area contributed by atoms with E-state index in [-0.39, 0.29) is 0 Å². The van der Waals surface area contributed by atoms with E-state index in [1.165, 1.54) is 11.1 Å². The van der Waals surface area contributed by atoms with Gasteiger partial charge in [-0.15, -0.1) is 0 Å². The molecule has 1 aromatic heterocycles. The quantitative estimate of drug-likeness (QED) is 0.623. The summed E-state index contributed by atoms with van der Waals surface area (Å²) < 4.78 is 6.01. The lowest BCUT2D eigenvalue weighted by Gasteiger charge is -2.11. The second-order valence-corrected chi connectivity index (χ2v) is 5.56. The fourth-order valence-electron chi connectivity index (χ4n) is 2.59. The average Bonchev–Trinajstić information content (AvgIpc) is 2.63. The fourth-order valence-corrected chi connectivity index (χ4v) is 2.59. The molecule has 3 rings (SSSR count). The highest BCUT2D eigenvalue weighted by Gasteiger charge is 2.04. The van der Waals surface area contributed by atoms with Crippen molar-refractivity contribution in [1.82, 2.24) is 4.98 Å². The second-order valence-electron chi connectivity index (χ2n) is 5.56. The van der Waals surface area contributed by atoms with Gasteiger partial charge in [0.15, 0.2) is 0 Å². The number of hydrogen-bond acceptors (Lipinski definition) is 2. The van der Waals surface area contributed by atoms with Crippen molar-refractivity contribution in [2.45, 2.75) is 25.9 Å². The molecule has 0 radical (unpaired) electrons. The monoisotopic (exact) mass is 303 g/mol. The van der Waals surface area contributed by atoms with E-state index >= 15 is 0 Å². The number of rotatable bonds is 7. The molecule has 0 unspecified atom stereocenters. The zero-order chi connectivity index (χ0) is 15.7. The van der Waals surface area contributed by atoms with Crippen molar-refractivity contribution in [3.63, 3.8) is 0 Å². The van der Waals surface area contributed by atoms with Gasteiger partial charge in [0.1, 0.15) is 12.4 Å². The molecule has 0 saturated carbocycles. The molecule has 0 amide bonds. The number of nitrogens with zero attached hydrogens (tertiary/aromatic N) is 1. The topological polar surface area (TPSA) is 22.1 Å². The maximum atomic E-state index is 6.01. The van der Waals surface area contributed by atoms with E-state index in [0.29, 0.717) is 6.61 Å². The number of pyridine rings is 1. The third-order valence-electron chi connectivity index (χ3n) is 3.81. The Hall–Kier alpha value is -2.61. The van der Waals surface area contributed by atoms with Crippen LogP contribution in [-0.4, -0.2) is 4.98 Å². The van der Waals surface area contributed by atoms with Crippen LogP contribution in [0.1, 0.15) is 23.2 Å². The fraction of sp³-hybridized carbons (Fsp3) is 0.190. The van der Waals surface area contributed by atoms with Crippen LogP contribution in [-0.2, 0) is 19.4 Å². The molecule has 0 aliphatic rings. The minimum atomic E-state index is 0.609. The van der Waals surface area contributed by atoms with Gasteiger partial charge in [0.05, 0.1) is 0 Å². The molecule has 0 N–H and O–H groups in total. The van der Waals surface area contributed by atoms with Crippen LogP contribution in [0.25, 0.3) is 0 Å². The van der Waals surface area contributed by atoms with E-state index < -0.39 is 0 Å². The highest BCUT2D eigenvalue weighted by Crippen LogP contribution is 2.21. The number of aromatic nitrogens is 1.